The average molecular weight is 437 g/mol. The maximum atomic E-state index is 5.84. The smallest absolute Gasteiger partial charge is 0.203 e. The monoisotopic (exact) mass is 436 g/mol. The van der Waals surface area contributed by atoms with Crippen LogP contribution in [0.4, 0.5) is 0 Å². The van der Waals surface area contributed by atoms with Gasteiger partial charge in [0, 0.05) is 24.3 Å². The predicted molar refractivity (Wildman–Crippen MR) is 117 cm³/mol. The fourth-order valence-corrected chi connectivity index (χ4v) is 3.04. The molecule has 8 heteroatoms. The third kappa shape index (κ3) is 6.41. The lowest BCUT2D eigenvalue weighted by atomic mass is 10.2. The van der Waals surface area contributed by atoms with E-state index >= 15 is 0 Å². The summed E-state index contributed by atoms with van der Waals surface area (Å²) in [5.41, 5.74) is 0. The van der Waals surface area contributed by atoms with Crippen molar-refractivity contribution in [3.05, 3.63) is 24.3 Å². The quantitative estimate of drug-likeness (QED) is 0.404. The van der Waals surface area contributed by atoms with Crippen LogP contribution in [0.25, 0.3) is 0 Å². The molecule has 0 atom stereocenters. The first-order valence-electron chi connectivity index (χ1n) is 9.97. The number of ether oxygens (including phenoxy) is 8. The Morgan fingerprint density at radius 3 is 1.03 bits per heavy atom. The number of hydrogen-bond donors (Lipinski definition) is 0. The highest BCUT2D eigenvalue weighted by Crippen LogP contribution is 2.41. The second kappa shape index (κ2) is 12.5. The van der Waals surface area contributed by atoms with E-state index in [9.17, 15) is 0 Å². The van der Waals surface area contributed by atoms with Gasteiger partial charge in [0.25, 0.3) is 0 Å². The molecule has 0 amide bonds. The minimum atomic E-state index is 0.543. The Labute approximate surface area is 183 Å². The van der Waals surface area contributed by atoms with Gasteiger partial charge in [-0.25, -0.2) is 0 Å². The zero-order valence-electron chi connectivity index (χ0n) is 19.1. The van der Waals surface area contributed by atoms with Crippen LogP contribution < -0.4 is 37.9 Å². The molecule has 0 saturated carbocycles. The van der Waals surface area contributed by atoms with Crippen LogP contribution in [0, 0.1) is 0 Å². The molecule has 2 aromatic rings. The molecular formula is C23H32O8. The number of unbranched alkanes of at least 4 members (excludes halogenated alkanes) is 2. The van der Waals surface area contributed by atoms with Crippen molar-refractivity contribution >= 4 is 0 Å². The zero-order valence-corrected chi connectivity index (χ0v) is 19.1. The maximum Gasteiger partial charge on any atom is 0.203 e. The average Bonchev–Trinajstić information content (AvgIpc) is 2.81. The summed E-state index contributed by atoms with van der Waals surface area (Å²) in [5.74, 6) is 4.69. The fraction of sp³-hybridized carbons (Fsp3) is 0.478. The Hall–Kier alpha value is -3.16. The van der Waals surface area contributed by atoms with Gasteiger partial charge in [-0.2, -0.15) is 0 Å². The summed E-state index contributed by atoms with van der Waals surface area (Å²) >= 11 is 0. The molecule has 8 nitrogen and oxygen atoms in total. The first-order valence-corrected chi connectivity index (χ1v) is 9.97. The first kappa shape index (κ1) is 24.1. The summed E-state index contributed by atoms with van der Waals surface area (Å²) in [6.45, 7) is 1.14. The van der Waals surface area contributed by atoms with Gasteiger partial charge in [-0.15, -0.1) is 0 Å². The molecule has 0 saturated heterocycles. The van der Waals surface area contributed by atoms with E-state index in [1.165, 1.54) is 0 Å². The van der Waals surface area contributed by atoms with Gasteiger partial charge < -0.3 is 37.9 Å². The largest absolute Gasteiger partial charge is 0.493 e. The third-order valence-electron chi connectivity index (χ3n) is 4.60. The van der Waals surface area contributed by atoms with Gasteiger partial charge in [0.1, 0.15) is 11.5 Å². The summed E-state index contributed by atoms with van der Waals surface area (Å²) in [5, 5.41) is 0. The van der Waals surface area contributed by atoms with Crippen LogP contribution in [-0.4, -0.2) is 55.9 Å². The van der Waals surface area contributed by atoms with Gasteiger partial charge in [-0.1, -0.05) is 0 Å². The minimum Gasteiger partial charge on any atom is -0.493 e. The molecule has 0 N–H and O–H groups in total. The van der Waals surface area contributed by atoms with Gasteiger partial charge in [-0.3, -0.25) is 0 Å². The Balaban J connectivity index is 1.78. The van der Waals surface area contributed by atoms with Crippen LogP contribution in [-0.2, 0) is 0 Å². The van der Waals surface area contributed by atoms with Crippen LogP contribution in [0.2, 0.25) is 0 Å². The van der Waals surface area contributed by atoms with E-state index in [0.717, 1.165) is 19.3 Å². The van der Waals surface area contributed by atoms with Crippen LogP contribution in [0.3, 0.4) is 0 Å². The van der Waals surface area contributed by atoms with Gasteiger partial charge in [0.15, 0.2) is 23.0 Å². The van der Waals surface area contributed by atoms with Gasteiger partial charge >= 0.3 is 0 Å². The van der Waals surface area contributed by atoms with E-state index in [0.29, 0.717) is 59.2 Å². The summed E-state index contributed by atoms with van der Waals surface area (Å²) in [6, 6.07) is 7.15. The molecule has 0 aliphatic heterocycles. The van der Waals surface area contributed by atoms with E-state index < -0.39 is 0 Å². The highest BCUT2D eigenvalue weighted by molar-refractivity contribution is 5.56. The van der Waals surface area contributed by atoms with Crippen molar-refractivity contribution in [2.75, 3.05) is 55.9 Å². The molecule has 0 bridgehead atoms. The number of benzene rings is 2. The van der Waals surface area contributed by atoms with Crippen molar-refractivity contribution in [2.45, 2.75) is 19.3 Å². The standard InChI is InChI=1S/C23H32O8/c1-24-18-12-16(13-19(25-2)22(18)28-5)30-10-8-7-9-11-31-17-14-20(26-3)23(29-6)21(15-17)27-4/h12-15H,7-11H2,1-6H3. The second-order valence-corrected chi connectivity index (χ2v) is 6.48. The van der Waals surface area contributed by atoms with Crippen LogP contribution in [0.5, 0.6) is 46.0 Å². The summed E-state index contributed by atoms with van der Waals surface area (Å²) in [4.78, 5) is 0. The molecular weight excluding hydrogens is 404 g/mol. The lowest BCUT2D eigenvalue weighted by Gasteiger charge is -2.15. The van der Waals surface area contributed by atoms with Crippen LogP contribution >= 0.6 is 0 Å². The predicted octanol–water partition coefficient (Wildman–Crippen LogP) is 4.37. The number of rotatable bonds is 14. The van der Waals surface area contributed by atoms with Gasteiger partial charge in [-0.05, 0) is 19.3 Å². The number of methoxy groups -OCH3 is 6. The van der Waals surface area contributed by atoms with E-state index in [1.54, 1.807) is 66.9 Å². The molecule has 0 unspecified atom stereocenters. The van der Waals surface area contributed by atoms with E-state index in [2.05, 4.69) is 0 Å². The Kier molecular flexibility index (Phi) is 9.74. The second-order valence-electron chi connectivity index (χ2n) is 6.48. The van der Waals surface area contributed by atoms with Crippen LogP contribution in [0.15, 0.2) is 24.3 Å². The summed E-state index contributed by atoms with van der Waals surface area (Å²) < 4.78 is 43.7. The molecule has 0 aromatic heterocycles. The molecule has 0 spiro atoms. The lowest BCUT2D eigenvalue weighted by molar-refractivity contribution is 0.272. The van der Waals surface area contributed by atoms with E-state index in [-0.39, 0.29) is 0 Å². The third-order valence-corrected chi connectivity index (χ3v) is 4.60. The first-order chi connectivity index (χ1) is 15.1. The summed E-state index contributed by atoms with van der Waals surface area (Å²) in [6.07, 6.45) is 2.72. The molecule has 2 rings (SSSR count). The van der Waals surface area contributed by atoms with Crippen molar-refractivity contribution in [1.29, 1.82) is 0 Å². The number of hydrogen-bond acceptors (Lipinski definition) is 8. The normalized spacial score (nSPS) is 10.3. The molecule has 172 valence electrons. The molecule has 0 radical (unpaired) electrons. The maximum absolute atomic E-state index is 5.84. The highest BCUT2D eigenvalue weighted by atomic mass is 16.5. The van der Waals surface area contributed by atoms with Crippen molar-refractivity contribution in [3.63, 3.8) is 0 Å². The van der Waals surface area contributed by atoms with Crippen molar-refractivity contribution in [2.24, 2.45) is 0 Å². The molecule has 0 aliphatic carbocycles. The lowest BCUT2D eigenvalue weighted by Crippen LogP contribution is -2.03. The van der Waals surface area contributed by atoms with E-state index in [4.69, 9.17) is 37.9 Å². The van der Waals surface area contributed by atoms with Gasteiger partial charge in [0.2, 0.25) is 11.5 Å². The molecule has 0 fully saturated rings. The molecule has 2 aromatic carbocycles. The fourth-order valence-electron chi connectivity index (χ4n) is 3.04. The van der Waals surface area contributed by atoms with Crippen molar-refractivity contribution in [1.82, 2.24) is 0 Å². The van der Waals surface area contributed by atoms with Crippen molar-refractivity contribution < 1.29 is 37.9 Å². The van der Waals surface area contributed by atoms with Gasteiger partial charge in [0.05, 0.1) is 55.9 Å². The topological polar surface area (TPSA) is 73.8 Å². The Bertz CT molecular complexity index is 704. The molecule has 31 heavy (non-hydrogen) atoms. The minimum absolute atomic E-state index is 0.543. The van der Waals surface area contributed by atoms with Crippen molar-refractivity contribution in [3.8, 4) is 46.0 Å². The zero-order chi connectivity index (χ0) is 22.6. The molecule has 0 heterocycles. The summed E-state index contributed by atoms with van der Waals surface area (Å²) in [7, 11) is 9.45. The van der Waals surface area contributed by atoms with E-state index in [1.807, 2.05) is 0 Å². The highest BCUT2D eigenvalue weighted by Gasteiger charge is 2.15. The molecule has 0 aliphatic rings. The Morgan fingerprint density at radius 1 is 0.452 bits per heavy atom. The SMILES string of the molecule is COc1cc(OCCCCCOc2cc(OC)c(OC)c(OC)c2)cc(OC)c1OC. The van der Waals surface area contributed by atoms with Crippen LogP contribution in [0.1, 0.15) is 19.3 Å². The Morgan fingerprint density at radius 2 is 0.774 bits per heavy atom.